The van der Waals surface area contributed by atoms with E-state index >= 15 is 0 Å². The van der Waals surface area contributed by atoms with E-state index in [9.17, 15) is 0 Å². The molecule has 15 heavy (non-hydrogen) atoms. The van der Waals surface area contributed by atoms with Gasteiger partial charge in [0.15, 0.2) is 0 Å². The molecular formula is C15H22. The van der Waals surface area contributed by atoms with Gasteiger partial charge in [0.05, 0.1) is 0 Å². The second-order valence-corrected chi connectivity index (χ2v) is 6.08. The fourth-order valence-electron chi connectivity index (χ4n) is 2.63. The maximum Gasteiger partial charge on any atom is -0.0242 e. The monoisotopic (exact) mass is 202 g/mol. The highest BCUT2D eigenvalue weighted by molar-refractivity contribution is 5.33. The van der Waals surface area contributed by atoms with Crippen molar-refractivity contribution in [3.05, 3.63) is 34.9 Å². The van der Waals surface area contributed by atoms with Crippen LogP contribution >= 0.6 is 0 Å². The average Bonchev–Trinajstić information content (AvgIpc) is 2.15. The molecule has 0 radical (unpaired) electrons. The lowest BCUT2D eigenvalue weighted by molar-refractivity contribution is 0.216. The fraction of sp³-hybridized carbons (Fsp3) is 0.600. The molecule has 0 bridgehead atoms. The van der Waals surface area contributed by atoms with Crippen molar-refractivity contribution in [1.82, 2.24) is 0 Å². The summed E-state index contributed by atoms with van der Waals surface area (Å²) in [5.74, 6) is 0.854. The lowest BCUT2D eigenvalue weighted by Gasteiger charge is -2.35. The van der Waals surface area contributed by atoms with Crippen molar-refractivity contribution < 1.29 is 0 Å². The molecule has 1 aromatic rings. The summed E-state index contributed by atoms with van der Waals surface area (Å²) in [6.07, 6.45) is 3.91. The molecule has 0 amide bonds. The SMILES string of the molecule is Cc1ccc2c(c1)CC(C(C)(C)C)CC2. The second kappa shape index (κ2) is 3.66. The lowest BCUT2D eigenvalue weighted by Crippen LogP contribution is -2.26. The molecule has 1 aliphatic rings. The summed E-state index contributed by atoms with van der Waals surface area (Å²) in [5.41, 5.74) is 5.05. The van der Waals surface area contributed by atoms with Crippen LogP contribution in [-0.2, 0) is 12.8 Å². The van der Waals surface area contributed by atoms with Gasteiger partial charge >= 0.3 is 0 Å². The topological polar surface area (TPSA) is 0 Å². The minimum Gasteiger partial charge on any atom is -0.0599 e. The molecule has 0 heteroatoms. The van der Waals surface area contributed by atoms with Crippen molar-refractivity contribution >= 4 is 0 Å². The summed E-state index contributed by atoms with van der Waals surface area (Å²) in [6, 6.07) is 6.95. The van der Waals surface area contributed by atoms with Crippen molar-refractivity contribution in [2.75, 3.05) is 0 Å². The normalized spacial score (nSPS) is 21.2. The number of hydrogen-bond acceptors (Lipinski definition) is 0. The van der Waals surface area contributed by atoms with Crippen LogP contribution in [-0.4, -0.2) is 0 Å². The maximum absolute atomic E-state index is 2.38. The summed E-state index contributed by atoms with van der Waals surface area (Å²) < 4.78 is 0. The molecule has 0 saturated heterocycles. The van der Waals surface area contributed by atoms with Crippen LogP contribution in [0.5, 0.6) is 0 Å². The molecule has 2 rings (SSSR count). The van der Waals surface area contributed by atoms with Crippen LogP contribution in [0.15, 0.2) is 18.2 Å². The molecule has 1 unspecified atom stereocenters. The standard InChI is InChI=1S/C15H22/c1-11-5-6-12-7-8-14(15(2,3)4)10-13(12)9-11/h5-6,9,14H,7-8,10H2,1-4H3. The highest BCUT2D eigenvalue weighted by Gasteiger charge is 2.28. The van der Waals surface area contributed by atoms with Gasteiger partial charge in [0.25, 0.3) is 0 Å². The van der Waals surface area contributed by atoms with Crippen LogP contribution in [0.25, 0.3) is 0 Å². The quantitative estimate of drug-likeness (QED) is 0.593. The van der Waals surface area contributed by atoms with Gasteiger partial charge in [-0.15, -0.1) is 0 Å². The zero-order valence-electron chi connectivity index (χ0n) is 10.4. The molecule has 0 saturated carbocycles. The minimum absolute atomic E-state index is 0.460. The van der Waals surface area contributed by atoms with Gasteiger partial charge < -0.3 is 0 Å². The molecule has 0 aliphatic heterocycles. The van der Waals surface area contributed by atoms with Gasteiger partial charge in [0, 0.05) is 0 Å². The maximum atomic E-state index is 2.38. The first-order chi connectivity index (χ1) is 6.97. The highest BCUT2D eigenvalue weighted by Crippen LogP contribution is 2.37. The van der Waals surface area contributed by atoms with Crippen LogP contribution < -0.4 is 0 Å². The number of fused-ring (bicyclic) bond motifs is 1. The van der Waals surface area contributed by atoms with E-state index in [1.807, 2.05) is 0 Å². The number of benzene rings is 1. The Bertz CT molecular complexity index is 355. The Labute approximate surface area is 93.7 Å². The summed E-state index contributed by atoms with van der Waals surface area (Å²) in [6.45, 7) is 9.32. The van der Waals surface area contributed by atoms with Gasteiger partial charge in [-0.3, -0.25) is 0 Å². The van der Waals surface area contributed by atoms with E-state index in [0.29, 0.717) is 5.41 Å². The summed E-state index contributed by atoms with van der Waals surface area (Å²) in [4.78, 5) is 0. The molecule has 0 fully saturated rings. The van der Waals surface area contributed by atoms with Crippen molar-refractivity contribution in [2.45, 2.75) is 47.0 Å². The van der Waals surface area contributed by atoms with E-state index in [-0.39, 0.29) is 0 Å². The molecule has 1 aromatic carbocycles. The first kappa shape index (κ1) is 10.7. The lowest BCUT2D eigenvalue weighted by atomic mass is 9.70. The number of rotatable bonds is 0. The Kier molecular flexibility index (Phi) is 2.62. The minimum atomic E-state index is 0.460. The molecular weight excluding hydrogens is 180 g/mol. The van der Waals surface area contributed by atoms with Crippen LogP contribution in [0.2, 0.25) is 0 Å². The van der Waals surface area contributed by atoms with E-state index in [1.54, 1.807) is 11.1 Å². The van der Waals surface area contributed by atoms with Gasteiger partial charge in [0.2, 0.25) is 0 Å². The zero-order valence-corrected chi connectivity index (χ0v) is 10.4. The molecule has 1 atom stereocenters. The van der Waals surface area contributed by atoms with Gasteiger partial charge in [-0.25, -0.2) is 0 Å². The summed E-state index contributed by atoms with van der Waals surface area (Å²) in [5, 5.41) is 0. The van der Waals surface area contributed by atoms with Crippen LogP contribution in [0.1, 0.15) is 43.9 Å². The van der Waals surface area contributed by atoms with Gasteiger partial charge in [0.1, 0.15) is 0 Å². The Morgan fingerprint density at radius 3 is 2.53 bits per heavy atom. The van der Waals surface area contributed by atoms with Crippen LogP contribution in [0.3, 0.4) is 0 Å². The van der Waals surface area contributed by atoms with Crippen LogP contribution in [0.4, 0.5) is 0 Å². The van der Waals surface area contributed by atoms with Gasteiger partial charge in [-0.2, -0.15) is 0 Å². The van der Waals surface area contributed by atoms with Crippen molar-refractivity contribution in [1.29, 1.82) is 0 Å². The highest BCUT2D eigenvalue weighted by atomic mass is 14.3. The smallest absolute Gasteiger partial charge is 0.0242 e. The van der Waals surface area contributed by atoms with E-state index in [1.165, 1.54) is 24.8 Å². The van der Waals surface area contributed by atoms with Gasteiger partial charge in [-0.05, 0) is 48.6 Å². The fourth-order valence-corrected chi connectivity index (χ4v) is 2.63. The first-order valence-electron chi connectivity index (χ1n) is 6.05. The van der Waals surface area contributed by atoms with Gasteiger partial charge in [-0.1, -0.05) is 44.5 Å². The first-order valence-corrected chi connectivity index (χ1v) is 6.05. The Hall–Kier alpha value is -0.780. The van der Waals surface area contributed by atoms with E-state index in [4.69, 9.17) is 0 Å². The number of aryl methyl sites for hydroxylation is 2. The summed E-state index contributed by atoms with van der Waals surface area (Å²) in [7, 11) is 0. The predicted molar refractivity (Wildman–Crippen MR) is 66.1 cm³/mol. The van der Waals surface area contributed by atoms with E-state index in [0.717, 1.165) is 5.92 Å². The van der Waals surface area contributed by atoms with Crippen molar-refractivity contribution in [3.8, 4) is 0 Å². The molecule has 1 aliphatic carbocycles. The average molecular weight is 202 g/mol. The predicted octanol–water partition coefficient (Wildman–Crippen LogP) is 4.15. The van der Waals surface area contributed by atoms with Crippen molar-refractivity contribution in [3.63, 3.8) is 0 Å². The molecule has 0 spiro atoms. The third-order valence-corrected chi connectivity index (χ3v) is 3.81. The molecule has 82 valence electrons. The third kappa shape index (κ3) is 2.25. The Morgan fingerprint density at radius 2 is 1.87 bits per heavy atom. The third-order valence-electron chi connectivity index (χ3n) is 3.81. The second-order valence-electron chi connectivity index (χ2n) is 6.08. The van der Waals surface area contributed by atoms with E-state index in [2.05, 4.69) is 45.9 Å². The zero-order chi connectivity index (χ0) is 11.1. The van der Waals surface area contributed by atoms with E-state index < -0.39 is 0 Å². The molecule has 0 aromatic heterocycles. The van der Waals surface area contributed by atoms with Crippen molar-refractivity contribution in [2.24, 2.45) is 11.3 Å². The molecule has 0 N–H and O–H groups in total. The van der Waals surface area contributed by atoms with Crippen LogP contribution in [0, 0.1) is 18.3 Å². The largest absolute Gasteiger partial charge is 0.0599 e. The summed E-state index contributed by atoms with van der Waals surface area (Å²) >= 11 is 0. The molecule has 0 nitrogen and oxygen atoms in total. The number of hydrogen-bond donors (Lipinski definition) is 0. The molecule has 0 heterocycles. The Morgan fingerprint density at radius 1 is 1.13 bits per heavy atom. The Balaban J connectivity index is 2.26.